The van der Waals surface area contributed by atoms with Gasteiger partial charge in [-0.15, -0.1) is 0 Å². The molecule has 3 aromatic rings. The van der Waals surface area contributed by atoms with Gasteiger partial charge in [-0.3, -0.25) is 4.79 Å². The van der Waals surface area contributed by atoms with Crippen molar-refractivity contribution in [2.24, 2.45) is 0 Å². The fourth-order valence-electron chi connectivity index (χ4n) is 3.46. The molecule has 3 N–H and O–H groups in total. The van der Waals surface area contributed by atoms with Crippen LogP contribution in [-0.2, 0) is 0 Å². The number of anilines is 1. The van der Waals surface area contributed by atoms with Gasteiger partial charge in [0.15, 0.2) is 22.8 Å². The van der Waals surface area contributed by atoms with Crippen LogP contribution < -0.4 is 10.3 Å². The summed E-state index contributed by atoms with van der Waals surface area (Å²) in [5, 5.41) is 30.0. The van der Waals surface area contributed by atoms with E-state index in [1.165, 1.54) is 18.2 Å². The van der Waals surface area contributed by atoms with Gasteiger partial charge in [-0.2, -0.15) is 0 Å². The summed E-state index contributed by atoms with van der Waals surface area (Å²) in [5.41, 5.74) is 1.96. The number of aryl methyl sites for hydroxylation is 1. The van der Waals surface area contributed by atoms with Crippen molar-refractivity contribution in [1.82, 2.24) is 0 Å². The Kier molecular flexibility index (Phi) is 3.76. The van der Waals surface area contributed by atoms with E-state index in [0.717, 1.165) is 37.2 Å². The molecule has 0 radical (unpaired) electrons. The first kappa shape index (κ1) is 16.3. The van der Waals surface area contributed by atoms with Crippen LogP contribution in [0.25, 0.3) is 22.3 Å². The molecule has 0 spiro atoms. The molecule has 0 aliphatic carbocycles. The molecular formula is C20H19NO5. The van der Waals surface area contributed by atoms with Gasteiger partial charge in [0.1, 0.15) is 0 Å². The fraction of sp³-hybridized carbons (Fsp3) is 0.250. The normalized spacial score (nSPS) is 14.3. The molecule has 1 aliphatic heterocycles. The largest absolute Gasteiger partial charge is 0.504 e. The highest BCUT2D eigenvalue weighted by Gasteiger charge is 2.22. The Bertz CT molecular complexity index is 1060. The van der Waals surface area contributed by atoms with Crippen molar-refractivity contribution in [2.45, 2.75) is 19.8 Å². The van der Waals surface area contributed by atoms with Crippen molar-refractivity contribution in [1.29, 1.82) is 0 Å². The van der Waals surface area contributed by atoms with Crippen molar-refractivity contribution in [2.75, 3.05) is 18.0 Å². The lowest BCUT2D eigenvalue weighted by molar-refractivity contribution is 0.403. The number of rotatable bonds is 2. The molecule has 26 heavy (non-hydrogen) atoms. The molecule has 0 saturated carbocycles. The molecule has 1 aromatic heterocycles. The molecule has 1 saturated heterocycles. The van der Waals surface area contributed by atoms with E-state index in [1.54, 1.807) is 6.07 Å². The van der Waals surface area contributed by atoms with Gasteiger partial charge in [0.2, 0.25) is 11.2 Å². The lowest BCUT2D eigenvalue weighted by atomic mass is 10.1. The van der Waals surface area contributed by atoms with Crippen molar-refractivity contribution in [3.63, 3.8) is 0 Å². The third-order valence-corrected chi connectivity index (χ3v) is 4.78. The predicted octanol–water partition coefficient (Wildman–Crippen LogP) is 3.49. The first-order valence-corrected chi connectivity index (χ1v) is 8.53. The first-order valence-electron chi connectivity index (χ1n) is 8.53. The van der Waals surface area contributed by atoms with E-state index in [-0.39, 0.29) is 17.3 Å². The van der Waals surface area contributed by atoms with Gasteiger partial charge < -0.3 is 24.6 Å². The zero-order valence-corrected chi connectivity index (χ0v) is 14.3. The molecule has 4 rings (SSSR count). The summed E-state index contributed by atoms with van der Waals surface area (Å²) < 4.78 is 5.97. The second-order valence-corrected chi connectivity index (χ2v) is 6.67. The zero-order valence-electron chi connectivity index (χ0n) is 14.3. The molecule has 2 aromatic carbocycles. The third-order valence-electron chi connectivity index (χ3n) is 4.78. The molecular weight excluding hydrogens is 334 g/mol. The molecule has 6 nitrogen and oxygen atoms in total. The fourth-order valence-corrected chi connectivity index (χ4v) is 3.46. The lowest BCUT2D eigenvalue weighted by Crippen LogP contribution is -2.18. The number of hydrogen-bond acceptors (Lipinski definition) is 6. The number of phenols is 2. The predicted molar refractivity (Wildman–Crippen MR) is 99.1 cm³/mol. The van der Waals surface area contributed by atoms with Crippen LogP contribution in [0.3, 0.4) is 0 Å². The minimum absolute atomic E-state index is 0.0258. The van der Waals surface area contributed by atoms with Crippen molar-refractivity contribution in [3.05, 3.63) is 46.1 Å². The van der Waals surface area contributed by atoms with Gasteiger partial charge in [-0.05, 0) is 55.7 Å². The van der Waals surface area contributed by atoms with Crippen LogP contribution in [0.1, 0.15) is 18.4 Å². The summed E-state index contributed by atoms with van der Waals surface area (Å²) in [6, 6.07) is 7.69. The second kappa shape index (κ2) is 5.98. The number of benzene rings is 2. The van der Waals surface area contributed by atoms with E-state index < -0.39 is 11.2 Å². The minimum Gasteiger partial charge on any atom is -0.504 e. The Labute approximate surface area is 149 Å². The van der Waals surface area contributed by atoms with Crippen LogP contribution in [0, 0.1) is 6.92 Å². The molecule has 6 heteroatoms. The van der Waals surface area contributed by atoms with Crippen LogP contribution in [0.5, 0.6) is 17.2 Å². The van der Waals surface area contributed by atoms with E-state index >= 15 is 0 Å². The van der Waals surface area contributed by atoms with Crippen molar-refractivity contribution < 1.29 is 19.7 Å². The summed E-state index contributed by atoms with van der Waals surface area (Å²) in [7, 11) is 0. The SMILES string of the molecule is Cc1cc(N2CCCC2)c2oc(-c3ccc(O)c(O)c3)c(O)c(=O)c2c1. The Morgan fingerprint density at radius 1 is 1.00 bits per heavy atom. The van der Waals surface area contributed by atoms with Gasteiger partial charge in [0.05, 0.1) is 11.1 Å². The summed E-state index contributed by atoms with van der Waals surface area (Å²) in [5.74, 6) is -1.18. The summed E-state index contributed by atoms with van der Waals surface area (Å²) in [4.78, 5) is 14.9. The maximum absolute atomic E-state index is 12.8. The van der Waals surface area contributed by atoms with Gasteiger partial charge in [-0.25, -0.2) is 0 Å². The maximum Gasteiger partial charge on any atom is 0.235 e. The number of fused-ring (bicyclic) bond motifs is 1. The molecule has 134 valence electrons. The average Bonchev–Trinajstić information content (AvgIpc) is 3.15. The number of aromatic hydroxyl groups is 3. The van der Waals surface area contributed by atoms with Crippen molar-refractivity contribution in [3.8, 4) is 28.6 Å². The highest BCUT2D eigenvalue weighted by molar-refractivity contribution is 5.92. The van der Waals surface area contributed by atoms with Gasteiger partial charge in [0, 0.05) is 18.7 Å². The quantitative estimate of drug-likeness (QED) is 0.611. The van der Waals surface area contributed by atoms with E-state index in [9.17, 15) is 20.1 Å². The molecule has 0 amide bonds. The monoisotopic (exact) mass is 353 g/mol. The smallest absolute Gasteiger partial charge is 0.235 e. The molecule has 1 aliphatic rings. The Hall–Kier alpha value is -3.15. The van der Waals surface area contributed by atoms with E-state index in [1.807, 2.05) is 13.0 Å². The van der Waals surface area contributed by atoms with Crippen LogP contribution >= 0.6 is 0 Å². The molecule has 0 bridgehead atoms. The molecule has 2 heterocycles. The summed E-state index contributed by atoms with van der Waals surface area (Å²) in [6.45, 7) is 3.68. The van der Waals surface area contributed by atoms with E-state index in [4.69, 9.17) is 4.42 Å². The standard InChI is InChI=1S/C20H19NO5/c1-11-8-13-17(24)18(25)19(12-4-5-15(22)16(23)10-12)26-20(13)14(9-11)21-6-2-3-7-21/h4-5,8-10,22-23,25H,2-3,6-7H2,1H3. The van der Waals surface area contributed by atoms with Crippen LogP contribution in [0.15, 0.2) is 39.5 Å². The maximum atomic E-state index is 12.8. The summed E-state index contributed by atoms with van der Waals surface area (Å²) >= 11 is 0. The van der Waals surface area contributed by atoms with Gasteiger partial charge in [-0.1, -0.05) is 0 Å². The van der Waals surface area contributed by atoms with Crippen LogP contribution in [0.4, 0.5) is 5.69 Å². The van der Waals surface area contributed by atoms with E-state index in [2.05, 4.69) is 4.90 Å². The highest BCUT2D eigenvalue weighted by atomic mass is 16.4. The van der Waals surface area contributed by atoms with Crippen LogP contribution in [-0.4, -0.2) is 28.4 Å². The molecule has 0 unspecified atom stereocenters. The number of phenolic OH excluding ortho intramolecular Hbond substituents is 2. The highest BCUT2D eigenvalue weighted by Crippen LogP contribution is 2.38. The number of nitrogens with zero attached hydrogens (tertiary/aromatic N) is 1. The first-order chi connectivity index (χ1) is 12.5. The topological polar surface area (TPSA) is 94.1 Å². The Morgan fingerprint density at radius 3 is 2.42 bits per heavy atom. The zero-order chi connectivity index (χ0) is 18.4. The van der Waals surface area contributed by atoms with Gasteiger partial charge >= 0.3 is 0 Å². The van der Waals surface area contributed by atoms with Crippen molar-refractivity contribution >= 4 is 16.7 Å². The number of hydrogen-bond donors (Lipinski definition) is 3. The Morgan fingerprint density at radius 2 is 1.73 bits per heavy atom. The minimum atomic E-state index is -0.516. The second-order valence-electron chi connectivity index (χ2n) is 6.67. The average molecular weight is 353 g/mol. The third kappa shape index (κ3) is 2.54. The lowest BCUT2D eigenvalue weighted by Gasteiger charge is -2.20. The van der Waals surface area contributed by atoms with E-state index in [0.29, 0.717) is 16.5 Å². The summed E-state index contributed by atoms with van der Waals surface area (Å²) in [6.07, 6.45) is 2.16. The molecule has 0 atom stereocenters. The Balaban J connectivity index is 2.02. The molecule has 1 fully saturated rings. The van der Waals surface area contributed by atoms with Gasteiger partial charge in [0.25, 0.3) is 0 Å². The van der Waals surface area contributed by atoms with Crippen LogP contribution in [0.2, 0.25) is 0 Å².